The first-order valence-electron chi connectivity index (χ1n) is 9.33. The number of nitrogens with zero attached hydrogens (tertiary/aromatic N) is 1. The predicted octanol–water partition coefficient (Wildman–Crippen LogP) is 4.04. The summed E-state index contributed by atoms with van der Waals surface area (Å²) in [5, 5.41) is 22.3. The van der Waals surface area contributed by atoms with Gasteiger partial charge in [0.2, 0.25) is 0 Å². The molecule has 0 aromatic heterocycles. The summed E-state index contributed by atoms with van der Waals surface area (Å²) in [5.74, 6) is 1.45. The average Bonchev–Trinajstić information content (AvgIpc) is 2.56. The van der Waals surface area contributed by atoms with Crippen LogP contribution in [0, 0.1) is 22.7 Å². The van der Waals surface area contributed by atoms with Crippen LogP contribution in [0.2, 0.25) is 0 Å². The number of ether oxygens (including phenoxy) is 1. The van der Waals surface area contributed by atoms with Crippen molar-refractivity contribution in [1.82, 2.24) is 5.32 Å². The highest BCUT2D eigenvalue weighted by Crippen LogP contribution is 2.43. The van der Waals surface area contributed by atoms with Crippen LogP contribution in [-0.4, -0.2) is 23.9 Å². The molecule has 0 amide bonds. The second-order valence-electron chi connectivity index (χ2n) is 8.40. The Hall–Kier alpha value is -1.57. The Bertz CT molecular complexity index is 594. The summed E-state index contributed by atoms with van der Waals surface area (Å²) in [4.78, 5) is 0. The summed E-state index contributed by atoms with van der Waals surface area (Å²) < 4.78 is 5.71. The van der Waals surface area contributed by atoms with Crippen molar-refractivity contribution < 1.29 is 9.84 Å². The van der Waals surface area contributed by atoms with E-state index in [1.165, 1.54) is 6.42 Å². The second-order valence-corrected chi connectivity index (χ2v) is 8.40. The molecule has 1 saturated carbocycles. The van der Waals surface area contributed by atoms with E-state index in [-0.39, 0.29) is 17.6 Å². The molecule has 0 spiro atoms. The predicted molar refractivity (Wildman–Crippen MR) is 100 cm³/mol. The minimum atomic E-state index is -0.204. The standard InChI is InChI=1S/C21H32N2O2/c1-17-12-20(2,3)15-21(13-17,16-24)23-14-18-7-6-8-19(11-18)25-10-5-4-9-22/h6-8,11,17,23-24H,4-5,10,12-16H2,1-3H3. The Labute approximate surface area is 152 Å². The third-order valence-electron chi connectivity index (χ3n) is 5.03. The van der Waals surface area contributed by atoms with Crippen LogP contribution in [0.1, 0.15) is 58.4 Å². The molecule has 1 aromatic rings. The van der Waals surface area contributed by atoms with E-state index in [9.17, 15) is 5.11 Å². The van der Waals surface area contributed by atoms with Gasteiger partial charge in [-0.3, -0.25) is 0 Å². The maximum absolute atomic E-state index is 10.1. The van der Waals surface area contributed by atoms with Crippen molar-refractivity contribution in [3.63, 3.8) is 0 Å². The lowest BCUT2D eigenvalue weighted by Crippen LogP contribution is -2.54. The Kier molecular flexibility index (Phi) is 6.87. The van der Waals surface area contributed by atoms with Crippen LogP contribution >= 0.6 is 0 Å². The number of hydrogen-bond donors (Lipinski definition) is 2. The Balaban J connectivity index is 1.96. The Morgan fingerprint density at radius 2 is 2.16 bits per heavy atom. The molecule has 0 heterocycles. The summed E-state index contributed by atoms with van der Waals surface area (Å²) in [7, 11) is 0. The van der Waals surface area contributed by atoms with E-state index in [1.807, 2.05) is 18.2 Å². The molecular formula is C21H32N2O2. The van der Waals surface area contributed by atoms with Gasteiger partial charge in [0.15, 0.2) is 0 Å². The maximum Gasteiger partial charge on any atom is 0.119 e. The highest BCUT2D eigenvalue weighted by molar-refractivity contribution is 5.28. The van der Waals surface area contributed by atoms with Gasteiger partial charge in [-0.1, -0.05) is 32.9 Å². The van der Waals surface area contributed by atoms with Crippen molar-refractivity contribution in [3.05, 3.63) is 29.8 Å². The highest BCUT2D eigenvalue weighted by atomic mass is 16.5. The summed E-state index contributed by atoms with van der Waals surface area (Å²) in [6.45, 7) is 8.33. The number of nitriles is 1. The summed E-state index contributed by atoms with van der Waals surface area (Å²) in [5.41, 5.74) is 1.20. The van der Waals surface area contributed by atoms with Gasteiger partial charge < -0.3 is 15.2 Å². The molecule has 0 saturated heterocycles. The van der Waals surface area contributed by atoms with E-state index >= 15 is 0 Å². The van der Waals surface area contributed by atoms with Crippen LogP contribution < -0.4 is 10.1 Å². The number of nitrogens with one attached hydrogen (secondary N) is 1. The van der Waals surface area contributed by atoms with Crippen LogP contribution in [0.4, 0.5) is 0 Å². The molecule has 4 nitrogen and oxygen atoms in total. The number of aliphatic hydroxyl groups is 1. The van der Waals surface area contributed by atoms with Gasteiger partial charge in [0.05, 0.1) is 19.3 Å². The zero-order valence-electron chi connectivity index (χ0n) is 15.8. The van der Waals surface area contributed by atoms with Crippen LogP contribution in [0.25, 0.3) is 0 Å². The van der Waals surface area contributed by atoms with Crippen molar-refractivity contribution in [3.8, 4) is 11.8 Å². The molecule has 0 bridgehead atoms. The Morgan fingerprint density at radius 1 is 1.36 bits per heavy atom. The zero-order chi connectivity index (χ0) is 18.3. The molecule has 1 aromatic carbocycles. The molecule has 2 unspecified atom stereocenters. The Morgan fingerprint density at radius 3 is 2.84 bits per heavy atom. The van der Waals surface area contributed by atoms with Gasteiger partial charge >= 0.3 is 0 Å². The van der Waals surface area contributed by atoms with Gasteiger partial charge in [-0.05, 0) is 54.7 Å². The second kappa shape index (κ2) is 8.69. The number of benzene rings is 1. The van der Waals surface area contributed by atoms with Gasteiger partial charge in [-0.25, -0.2) is 0 Å². The first-order chi connectivity index (χ1) is 11.9. The van der Waals surface area contributed by atoms with E-state index in [4.69, 9.17) is 10.00 Å². The van der Waals surface area contributed by atoms with Crippen LogP contribution in [-0.2, 0) is 6.54 Å². The molecule has 1 fully saturated rings. The quantitative estimate of drug-likeness (QED) is 0.699. The van der Waals surface area contributed by atoms with Gasteiger partial charge in [-0.15, -0.1) is 0 Å². The molecule has 1 aliphatic carbocycles. The van der Waals surface area contributed by atoms with E-state index in [0.29, 0.717) is 18.9 Å². The van der Waals surface area contributed by atoms with E-state index in [1.54, 1.807) is 0 Å². The van der Waals surface area contributed by atoms with E-state index in [0.717, 1.165) is 37.1 Å². The fourth-order valence-electron chi connectivity index (χ4n) is 4.43. The lowest BCUT2D eigenvalue weighted by Gasteiger charge is -2.47. The van der Waals surface area contributed by atoms with Crippen molar-refractivity contribution in [1.29, 1.82) is 5.26 Å². The molecule has 1 aliphatic rings. The molecule has 2 N–H and O–H groups in total. The maximum atomic E-state index is 10.1. The SMILES string of the molecule is CC1CC(C)(C)CC(CO)(NCc2cccc(OCCCC#N)c2)C1. The summed E-state index contributed by atoms with van der Waals surface area (Å²) in [6.07, 6.45) is 4.48. The molecule has 25 heavy (non-hydrogen) atoms. The number of hydrogen-bond acceptors (Lipinski definition) is 4. The first-order valence-corrected chi connectivity index (χ1v) is 9.33. The van der Waals surface area contributed by atoms with Crippen molar-refractivity contribution in [2.45, 2.75) is 65.0 Å². The molecule has 2 rings (SSSR count). The molecule has 138 valence electrons. The minimum Gasteiger partial charge on any atom is -0.494 e. The van der Waals surface area contributed by atoms with Crippen LogP contribution in [0.5, 0.6) is 5.75 Å². The third kappa shape index (κ3) is 6.02. The van der Waals surface area contributed by atoms with Gasteiger partial charge in [0.25, 0.3) is 0 Å². The van der Waals surface area contributed by atoms with Crippen molar-refractivity contribution >= 4 is 0 Å². The van der Waals surface area contributed by atoms with E-state index in [2.05, 4.69) is 38.2 Å². The summed E-state index contributed by atoms with van der Waals surface area (Å²) >= 11 is 0. The molecule has 4 heteroatoms. The van der Waals surface area contributed by atoms with Crippen molar-refractivity contribution in [2.75, 3.05) is 13.2 Å². The topological polar surface area (TPSA) is 65.3 Å². The molecular weight excluding hydrogens is 312 g/mol. The van der Waals surface area contributed by atoms with E-state index < -0.39 is 0 Å². The normalized spacial score (nSPS) is 25.3. The fraction of sp³-hybridized carbons (Fsp3) is 0.667. The average molecular weight is 344 g/mol. The highest BCUT2D eigenvalue weighted by Gasteiger charge is 2.42. The lowest BCUT2D eigenvalue weighted by molar-refractivity contribution is 0.0352. The monoisotopic (exact) mass is 344 g/mol. The van der Waals surface area contributed by atoms with Gasteiger partial charge in [0, 0.05) is 18.5 Å². The van der Waals surface area contributed by atoms with Gasteiger partial charge in [-0.2, -0.15) is 5.26 Å². The largest absolute Gasteiger partial charge is 0.494 e. The molecule has 2 atom stereocenters. The fourth-order valence-corrected chi connectivity index (χ4v) is 4.43. The molecule has 0 radical (unpaired) electrons. The zero-order valence-corrected chi connectivity index (χ0v) is 15.8. The van der Waals surface area contributed by atoms with Crippen LogP contribution in [0.15, 0.2) is 24.3 Å². The number of unbranched alkanes of at least 4 members (excludes halogenated alkanes) is 1. The van der Waals surface area contributed by atoms with Crippen molar-refractivity contribution in [2.24, 2.45) is 11.3 Å². The molecule has 0 aliphatic heterocycles. The number of rotatable bonds is 8. The van der Waals surface area contributed by atoms with Crippen LogP contribution in [0.3, 0.4) is 0 Å². The number of aliphatic hydroxyl groups excluding tert-OH is 1. The lowest BCUT2D eigenvalue weighted by atomic mass is 9.64. The smallest absolute Gasteiger partial charge is 0.119 e. The first kappa shape index (κ1) is 19.8. The third-order valence-corrected chi connectivity index (χ3v) is 5.03. The summed E-state index contributed by atoms with van der Waals surface area (Å²) in [6, 6.07) is 10.2. The van der Waals surface area contributed by atoms with Gasteiger partial charge in [0.1, 0.15) is 5.75 Å². The minimum absolute atomic E-state index is 0.172.